The number of nitrogens with zero attached hydrogens (tertiary/aromatic N) is 3. The van der Waals surface area contributed by atoms with Crippen molar-refractivity contribution in [2.45, 2.75) is 32.1 Å². The number of hydrogen-bond acceptors (Lipinski definition) is 5. The molecule has 0 bridgehead atoms. The number of aromatic nitrogens is 1. The van der Waals surface area contributed by atoms with E-state index in [1.807, 2.05) is 20.2 Å². The molecule has 2 heterocycles. The average molecular weight is 396 g/mol. The quantitative estimate of drug-likeness (QED) is 0.586. The molecule has 0 unspecified atom stereocenters. The summed E-state index contributed by atoms with van der Waals surface area (Å²) in [4.78, 5) is 4.50. The molecule has 29 heavy (non-hydrogen) atoms. The lowest BCUT2D eigenvalue weighted by atomic mass is 9.91. The van der Waals surface area contributed by atoms with Crippen molar-refractivity contribution in [1.29, 1.82) is 0 Å². The van der Waals surface area contributed by atoms with Gasteiger partial charge in [-0.3, -0.25) is 0 Å². The minimum atomic E-state index is -0.298. The zero-order chi connectivity index (χ0) is 20.4. The van der Waals surface area contributed by atoms with Gasteiger partial charge in [0.1, 0.15) is 11.5 Å². The first-order chi connectivity index (χ1) is 14.1. The fourth-order valence-electron chi connectivity index (χ4n) is 4.08. The van der Waals surface area contributed by atoms with Crippen molar-refractivity contribution in [1.82, 2.24) is 5.16 Å². The molecule has 1 fully saturated rings. The van der Waals surface area contributed by atoms with E-state index in [-0.39, 0.29) is 5.82 Å². The summed E-state index contributed by atoms with van der Waals surface area (Å²) in [5, 5.41) is 5.18. The molecule has 5 nitrogen and oxygen atoms in total. The summed E-state index contributed by atoms with van der Waals surface area (Å²) in [6, 6.07) is 12.0. The molecule has 0 aliphatic carbocycles. The lowest BCUT2D eigenvalue weighted by molar-refractivity contribution is 0.317. The Labute approximate surface area is 171 Å². The van der Waals surface area contributed by atoms with Crippen LogP contribution in [0.1, 0.15) is 37.8 Å². The molecule has 1 aliphatic rings. The first kappa shape index (κ1) is 19.6. The van der Waals surface area contributed by atoms with Gasteiger partial charge in [0, 0.05) is 50.6 Å². The van der Waals surface area contributed by atoms with Crippen LogP contribution < -0.4 is 14.5 Å². The Morgan fingerprint density at radius 2 is 2.07 bits per heavy atom. The topological polar surface area (TPSA) is 41.7 Å². The van der Waals surface area contributed by atoms with Crippen LogP contribution in [0.25, 0.3) is 11.0 Å². The van der Waals surface area contributed by atoms with Crippen LogP contribution in [0.15, 0.2) is 34.9 Å². The van der Waals surface area contributed by atoms with Gasteiger partial charge in [-0.15, -0.1) is 0 Å². The smallest absolute Gasteiger partial charge is 0.170 e. The Morgan fingerprint density at radius 1 is 1.28 bits per heavy atom. The fourth-order valence-corrected chi connectivity index (χ4v) is 4.08. The van der Waals surface area contributed by atoms with Gasteiger partial charge in [0.2, 0.25) is 0 Å². The Kier molecular flexibility index (Phi) is 5.60. The molecule has 0 N–H and O–H groups in total. The van der Waals surface area contributed by atoms with Crippen molar-refractivity contribution < 1.29 is 13.7 Å². The molecule has 6 heteroatoms. The summed E-state index contributed by atoms with van der Waals surface area (Å²) in [7, 11) is 4.08. The van der Waals surface area contributed by atoms with Crippen molar-refractivity contribution >= 4 is 22.3 Å². The molecule has 4 rings (SSSR count). The summed E-state index contributed by atoms with van der Waals surface area (Å²) in [6.45, 7) is 4.62. The highest BCUT2D eigenvalue weighted by atomic mass is 19.1. The molecule has 1 saturated heterocycles. The van der Waals surface area contributed by atoms with Crippen molar-refractivity contribution in [3.05, 3.63) is 47.9 Å². The number of fused-ring (bicyclic) bond motifs is 1. The molecule has 153 valence electrons. The van der Waals surface area contributed by atoms with Crippen LogP contribution in [-0.2, 0) is 0 Å². The maximum atomic E-state index is 13.4. The second kappa shape index (κ2) is 8.31. The average Bonchev–Trinajstić information content (AvgIpc) is 3.14. The van der Waals surface area contributed by atoms with Crippen LogP contribution in [0.3, 0.4) is 0 Å². The van der Waals surface area contributed by atoms with E-state index >= 15 is 0 Å². The van der Waals surface area contributed by atoms with Gasteiger partial charge in [-0.2, -0.15) is 0 Å². The molecule has 3 aromatic rings. The summed E-state index contributed by atoms with van der Waals surface area (Å²) in [5.41, 5.74) is 3.71. The van der Waals surface area contributed by atoms with Gasteiger partial charge in [0.25, 0.3) is 0 Å². The normalized spacial score (nSPS) is 15.1. The predicted molar refractivity (Wildman–Crippen MR) is 114 cm³/mol. The molecule has 2 aromatic carbocycles. The third kappa shape index (κ3) is 3.88. The highest BCUT2D eigenvalue weighted by Gasteiger charge is 2.27. The van der Waals surface area contributed by atoms with Crippen molar-refractivity contribution in [2.24, 2.45) is 0 Å². The van der Waals surface area contributed by atoms with E-state index in [9.17, 15) is 4.39 Å². The SMILES string of the molecule is CCCOc1[c]ccc(N2CCC(c3noc4cc(F)ccc34)CC2)c1N(C)C. The highest BCUT2D eigenvalue weighted by Crippen LogP contribution is 2.40. The van der Waals surface area contributed by atoms with Gasteiger partial charge in [-0.1, -0.05) is 12.1 Å². The number of ether oxygens (including phenoxy) is 1. The maximum Gasteiger partial charge on any atom is 0.170 e. The van der Waals surface area contributed by atoms with Crippen LogP contribution in [0.4, 0.5) is 15.8 Å². The van der Waals surface area contributed by atoms with Crippen molar-refractivity contribution in [3.8, 4) is 5.75 Å². The second-order valence-electron chi connectivity index (χ2n) is 7.75. The molecule has 0 atom stereocenters. The van der Waals surface area contributed by atoms with Gasteiger partial charge in [0.15, 0.2) is 11.3 Å². The Hall–Kier alpha value is -2.76. The summed E-state index contributed by atoms with van der Waals surface area (Å²) >= 11 is 0. The van der Waals surface area contributed by atoms with E-state index in [1.54, 1.807) is 6.07 Å². The predicted octanol–water partition coefficient (Wildman–Crippen LogP) is 5.01. The molecule has 1 aromatic heterocycles. The largest absolute Gasteiger partial charge is 0.491 e. The van der Waals surface area contributed by atoms with E-state index in [1.165, 1.54) is 17.8 Å². The van der Waals surface area contributed by atoms with Gasteiger partial charge >= 0.3 is 0 Å². The second-order valence-corrected chi connectivity index (χ2v) is 7.75. The number of halogens is 1. The number of hydrogen-bond donors (Lipinski definition) is 0. The van der Waals surface area contributed by atoms with E-state index in [4.69, 9.17) is 9.26 Å². The number of anilines is 2. The standard InChI is InChI=1S/C23H27FN3O2/c1-4-14-28-20-7-5-6-19(23(20)26(2)3)27-12-10-16(11-13-27)22-18-9-8-17(24)15-21(18)29-25-22/h5-6,8-9,15-16H,4,10-14H2,1-3H3. The van der Waals surface area contributed by atoms with Gasteiger partial charge in [0.05, 0.1) is 18.0 Å². The number of benzene rings is 2. The minimum Gasteiger partial charge on any atom is -0.491 e. The van der Waals surface area contributed by atoms with Crippen LogP contribution in [-0.4, -0.2) is 38.9 Å². The lowest BCUT2D eigenvalue weighted by Gasteiger charge is -2.35. The number of piperidine rings is 1. The first-order valence-electron chi connectivity index (χ1n) is 10.2. The Bertz CT molecular complexity index is 977. The zero-order valence-electron chi connectivity index (χ0n) is 17.2. The minimum absolute atomic E-state index is 0.298. The van der Waals surface area contributed by atoms with E-state index in [0.717, 1.165) is 54.9 Å². The third-order valence-electron chi connectivity index (χ3n) is 5.50. The van der Waals surface area contributed by atoms with Gasteiger partial charge in [-0.05, 0) is 43.5 Å². The van der Waals surface area contributed by atoms with Crippen LogP contribution in [0, 0.1) is 11.9 Å². The number of rotatable bonds is 6. The Balaban J connectivity index is 1.53. The molecule has 0 spiro atoms. The Morgan fingerprint density at radius 3 is 2.79 bits per heavy atom. The molecular formula is C23H27FN3O2. The van der Waals surface area contributed by atoms with Gasteiger partial charge < -0.3 is 19.1 Å². The first-order valence-corrected chi connectivity index (χ1v) is 10.2. The summed E-state index contributed by atoms with van der Waals surface area (Å²) in [5.74, 6) is 0.820. The van der Waals surface area contributed by atoms with Crippen LogP contribution >= 0.6 is 0 Å². The molecule has 1 aliphatic heterocycles. The monoisotopic (exact) mass is 396 g/mol. The van der Waals surface area contributed by atoms with Crippen molar-refractivity contribution in [2.75, 3.05) is 43.6 Å². The zero-order valence-corrected chi connectivity index (χ0v) is 17.2. The molecule has 1 radical (unpaired) electrons. The van der Waals surface area contributed by atoms with E-state index in [2.05, 4.69) is 34.0 Å². The van der Waals surface area contributed by atoms with E-state index < -0.39 is 0 Å². The van der Waals surface area contributed by atoms with Crippen molar-refractivity contribution in [3.63, 3.8) is 0 Å². The maximum absolute atomic E-state index is 13.4. The molecule has 0 saturated carbocycles. The lowest BCUT2D eigenvalue weighted by Crippen LogP contribution is -2.34. The van der Waals surface area contributed by atoms with Gasteiger partial charge in [-0.25, -0.2) is 4.39 Å². The van der Waals surface area contributed by atoms with E-state index in [0.29, 0.717) is 18.1 Å². The summed E-state index contributed by atoms with van der Waals surface area (Å²) < 4.78 is 24.7. The highest BCUT2D eigenvalue weighted by molar-refractivity contribution is 5.80. The molecule has 0 amide bonds. The summed E-state index contributed by atoms with van der Waals surface area (Å²) in [6.07, 6.45) is 2.90. The third-order valence-corrected chi connectivity index (χ3v) is 5.50. The fraction of sp³-hybridized carbons (Fsp3) is 0.435. The van der Waals surface area contributed by atoms with Crippen LogP contribution in [0.2, 0.25) is 0 Å². The van der Waals surface area contributed by atoms with Crippen LogP contribution in [0.5, 0.6) is 5.75 Å². The molecular weight excluding hydrogens is 369 g/mol.